The summed E-state index contributed by atoms with van der Waals surface area (Å²) < 4.78 is 5.32. The summed E-state index contributed by atoms with van der Waals surface area (Å²) in [5.74, 6) is 0. The Morgan fingerprint density at radius 3 is 2.00 bits per heavy atom. The van der Waals surface area contributed by atoms with E-state index in [1.54, 1.807) is 0 Å². The molecule has 1 aliphatic rings. The fraction of sp³-hybridized carbons (Fsp3) is 0.0612. The zero-order chi connectivity index (χ0) is 34.6. The highest BCUT2D eigenvalue weighted by atomic mass is 32.1. The molecule has 0 unspecified atom stereocenters. The van der Waals surface area contributed by atoms with Crippen molar-refractivity contribution in [3.8, 4) is 22.3 Å². The highest BCUT2D eigenvalue weighted by Gasteiger charge is 2.39. The second-order valence-electron chi connectivity index (χ2n) is 14.5. The molecule has 0 fully saturated rings. The van der Waals surface area contributed by atoms with Crippen LogP contribution in [0.1, 0.15) is 25.0 Å². The second kappa shape index (κ2) is 11.1. The standard InChI is InChI=1S/C49H33NS2/c1-49(2)41-17-7-5-13-35(41)38-15-9-18-42(46(38)49)50(43-19-10-16-39-40-28-23-31-11-3-4-12-34(31)47(40)52-48(39)43)33-25-21-30(22-26-33)32-24-27-37-36-14-6-8-20-44(36)51-45(37)29-32/h3-29H,1-2H3. The monoisotopic (exact) mass is 699 g/mol. The van der Waals surface area contributed by atoms with Gasteiger partial charge in [0.15, 0.2) is 0 Å². The van der Waals surface area contributed by atoms with Crippen LogP contribution in [0.4, 0.5) is 17.1 Å². The van der Waals surface area contributed by atoms with Crippen LogP contribution >= 0.6 is 22.7 Å². The Morgan fingerprint density at radius 2 is 1.10 bits per heavy atom. The van der Waals surface area contributed by atoms with Crippen LogP contribution in [-0.4, -0.2) is 0 Å². The lowest BCUT2D eigenvalue weighted by Crippen LogP contribution is -2.20. The molecule has 0 saturated carbocycles. The van der Waals surface area contributed by atoms with Gasteiger partial charge in [0.25, 0.3) is 0 Å². The first kappa shape index (κ1) is 29.9. The number of rotatable bonds is 4. The average Bonchev–Trinajstić information content (AvgIpc) is 3.84. The number of nitrogens with zero attached hydrogens (tertiary/aromatic N) is 1. The van der Waals surface area contributed by atoms with Crippen molar-refractivity contribution in [2.24, 2.45) is 0 Å². The van der Waals surface area contributed by atoms with Crippen LogP contribution in [0, 0.1) is 0 Å². The van der Waals surface area contributed by atoms with Gasteiger partial charge in [0.1, 0.15) is 0 Å². The van der Waals surface area contributed by atoms with Gasteiger partial charge in [0.2, 0.25) is 0 Å². The minimum absolute atomic E-state index is 0.162. The van der Waals surface area contributed by atoms with E-state index >= 15 is 0 Å². The number of benzene rings is 8. The van der Waals surface area contributed by atoms with Gasteiger partial charge in [-0.1, -0.05) is 141 Å². The summed E-state index contributed by atoms with van der Waals surface area (Å²) in [4.78, 5) is 2.53. The van der Waals surface area contributed by atoms with Crippen LogP contribution < -0.4 is 4.90 Å². The van der Waals surface area contributed by atoms with Crippen molar-refractivity contribution in [2.45, 2.75) is 19.3 Å². The third-order valence-corrected chi connectivity index (χ3v) is 13.7. The summed E-state index contributed by atoms with van der Waals surface area (Å²) in [6.07, 6.45) is 0. The molecule has 1 nitrogen and oxygen atoms in total. The molecule has 0 N–H and O–H groups in total. The zero-order valence-electron chi connectivity index (χ0n) is 28.9. The maximum Gasteiger partial charge on any atom is 0.0640 e. The average molecular weight is 700 g/mol. The normalized spacial score (nSPS) is 13.3. The van der Waals surface area contributed by atoms with E-state index < -0.39 is 0 Å². The van der Waals surface area contributed by atoms with Crippen molar-refractivity contribution >= 4 is 90.9 Å². The van der Waals surface area contributed by atoms with E-state index in [2.05, 4.69) is 183 Å². The second-order valence-corrected chi connectivity index (χ2v) is 16.6. The Morgan fingerprint density at radius 1 is 0.442 bits per heavy atom. The van der Waals surface area contributed by atoms with Crippen molar-refractivity contribution in [2.75, 3.05) is 4.90 Å². The first-order valence-electron chi connectivity index (χ1n) is 17.9. The van der Waals surface area contributed by atoms with Gasteiger partial charge < -0.3 is 4.90 Å². The Kier molecular flexibility index (Phi) is 6.41. The molecular weight excluding hydrogens is 667 g/mol. The van der Waals surface area contributed by atoms with Crippen LogP contribution in [0.2, 0.25) is 0 Å². The molecule has 246 valence electrons. The first-order valence-corrected chi connectivity index (χ1v) is 19.6. The molecule has 2 aromatic heterocycles. The van der Waals surface area contributed by atoms with Crippen LogP contribution in [0.5, 0.6) is 0 Å². The van der Waals surface area contributed by atoms with Gasteiger partial charge in [-0.2, -0.15) is 0 Å². The van der Waals surface area contributed by atoms with Gasteiger partial charge in [-0.15, -0.1) is 22.7 Å². The van der Waals surface area contributed by atoms with E-state index in [0.29, 0.717) is 0 Å². The largest absolute Gasteiger partial charge is 0.309 e. The fourth-order valence-corrected chi connectivity index (χ4v) is 11.3. The van der Waals surface area contributed by atoms with Gasteiger partial charge in [-0.3, -0.25) is 0 Å². The SMILES string of the molecule is CC1(C)c2ccccc2-c2cccc(N(c3ccc(-c4ccc5c(c4)sc4ccccc45)cc3)c3cccc4c3sc3c5ccccc5ccc43)c21. The van der Waals surface area contributed by atoms with Gasteiger partial charge in [0.05, 0.1) is 16.1 Å². The molecule has 0 spiro atoms. The molecule has 0 bridgehead atoms. The highest BCUT2D eigenvalue weighted by Crippen LogP contribution is 2.55. The minimum Gasteiger partial charge on any atom is -0.309 e. The van der Waals surface area contributed by atoms with E-state index in [1.165, 1.54) is 95.9 Å². The third-order valence-electron chi connectivity index (χ3n) is 11.2. The number of thiophene rings is 2. The lowest BCUT2D eigenvalue weighted by atomic mass is 9.81. The van der Waals surface area contributed by atoms with E-state index in [4.69, 9.17) is 0 Å². The van der Waals surface area contributed by atoms with Gasteiger partial charge in [-0.05, 0) is 80.6 Å². The maximum atomic E-state index is 2.53. The maximum absolute atomic E-state index is 2.53. The Labute approximate surface area is 310 Å². The predicted octanol–water partition coefficient (Wildman–Crippen LogP) is 15.0. The summed E-state index contributed by atoms with van der Waals surface area (Å²) in [6.45, 7) is 4.78. The lowest BCUT2D eigenvalue weighted by molar-refractivity contribution is 0.661. The number of fused-ring (bicyclic) bond motifs is 11. The van der Waals surface area contributed by atoms with Crippen molar-refractivity contribution in [1.82, 2.24) is 0 Å². The quantitative estimate of drug-likeness (QED) is 0.177. The smallest absolute Gasteiger partial charge is 0.0640 e. The number of hydrogen-bond acceptors (Lipinski definition) is 3. The molecule has 11 rings (SSSR count). The van der Waals surface area contributed by atoms with Gasteiger partial charge in [-0.25, -0.2) is 0 Å². The molecule has 8 aromatic carbocycles. The predicted molar refractivity (Wildman–Crippen MR) is 227 cm³/mol. The molecular formula is C49H33NS2. The van der Waals surface area contributed by atoms with Crippen molar-refractivity contribution in [3.63, 3.8) is 0 Å². The molecule has 0 amide bonds. The van der Waals surface area contributed by atoms with Crippen LogP contribution in [0.3, 0.4) is 0 Å². The van der Waals surface area contributed by atoms with Gasteiger partial charge in [0, 0.05) is 46.7 Å². The summed E-state index contributed by atoms with van der Waals surface area (Å²) >= 11 is 3.79. The first-order chi connectivity index (χ1) is 25.5. The van der Waals surface area contributed by atoms with E-state index in [-0.39, 0.29) is 5.41 Å². The molecule has 3 heteroatoms. The molecule has 0 atom stereocenters. The summed E-state index contributed by atoms with van der Waals surface area (Å²) in [5.41, 5.74) is 11.3. The zero-order valence-corrected chi connectivity index (χ0v) is 30.5. The molecule has 10 aromatic rings. The minimum atomic E-state index is -0.162. The number of anilines is 3. The third kappa shape index (κ3) is 4.27. The Bertz CT molecular complexity index is 3050. The highest BCUT2D eigenvalue weighted by molar-refractivity contribution is 7.27. The molecule has 0 saturated heterocycles. The van der Waals surface area contributed by atoms with Crippen molar-refractivity contribution in [1.29, 1.82) is 0 Å². The van der Waals surface area contributed by atoms with Crippen molar-refractivity contribution < 1.29 is 0 Å². The summed E-state index contributed by atoms with van der Waals surface area (Å²) in [7, 11) is 0. The fourth-order valence-electron chi connectivity index (χ4n) is 8.81. The van der Waals surface area contributed by atoms with E-state index in [9.17, 15) is 0 Å². The number of hydrogen-bond donors (Lipinski definition) is 0. The van der Waals surface area contributed by atoms with E-state index in [1.807, 2.05) is 22.7 Å². The molecule has 52 heavy (non-hydrogen) atoms. The van der Waals surface area contributed by atoms with E-state index in [0.717, 1.165) is 5.69 Å². The summed E-state index contributed by atoms with van der Waals surface area (Å²) in [5, 5.41) is 7.89. The molecule has 0 aliphatic heterocycles. The van der Waals surface area contributed by atoms with Crippen LogP contribution in [0.15, 0.2) is 164 Å². The topological polar surface area (TPSA) is 3.24 Å². The van der Waals surface area contributed by atoms with Gasteiger partial charge >= 0.3 is 0 Å². The summed E-state index contributed by atoms with van der Waals surface area (Å²) in [6, 6.07) is 61.0. The van der Waals surface area contributed by atoms with Crippen LogP contribution in [0.25, 0.3) is 73.4 Å². The molecule has 0 radical (unpaired) electrons. The Hall–Kier alpha value is -5.74. The molecule has 1 aliphatic carbocycles. The van der Waals surface area contributed by atoms with Crippen LogP contribution in [-0.2, 0) is 5.41 Å². The van der Waals surface area contributed by atoms with Crippen molar-refractivity contribution in [3.05, 3.63) is 175 Å². The lowest BCUT2D eigenvalue weighted by Gasteiger charge is -2.32. The molecule has 2 heterocycles. The Balaban J connectivity index is 1.13.